The first-order valence-electron chi connectivity index (χ1n) is 8.76. The van der Waals surface area contributed by atoms with Crippen molar-refractivity contribution in [3.63, 3.8) is 0 Å². The summed E-state index contributed by atoms with van der Waals surface area (Å²) in [4.78, 5) is 38.0. The smallest absolute Gasteiger partial charge is 0.330 e. The van der Waals surface area contributed by atoms with Crippen LogP contribution in [0.4, 0.5) is 0 Å². The number of carbonyl (C=O) groups is 1. The molecule has 0 aliphatic carbocycles. The summed E-state index contributed by atoms with van der Waals surface area (Å²) in [5.74, 6) is -0.544. The fourth-order valence-corrected chi connectivity index (χ4v) is 3.15. The van der Waals surface area contributed by atoms with E-state index in [1.165, 1.54) is 6.20 Å². The van der Waals surface area contributed by atoms with E-state index >= 15 is 0 Å². The summed E-state index contributed by atoms with van der Waals surface area (Å²) in [6, 6.07) is 8.37. The lowest BCUT2D eigenvalue weighted by Gasteiger charge is -2.24. The van der Waals surface area contributed by atoms with Crippen molar-refractivity contribution in [1.29, 1.82) is 0 Å². The Morgan fingerprint density at radius 2 is 2.00 bits per heavy atom. The highest BCUT2D eigenvalue weighted by molar-refractivity contribution is 5.82. The van der Waals surface area contributed by atoms with Gasteiger partial charge in [0.25, 0.3) is 5.56 Å². The molecule has 1 aromatic carbocycles. The van der Waals surface area contributed by atoms with E-state index in [0.717, 1.165) is 16.2 Å². The molecule has 28 heavy (non-hydrogen) atoms. The number of nitrogens with two attached hydrogens (primary N) is 1. The summed E-state index contributed by atoms with van der Waals surface area (Å²) in [7, 11) is 0. The van der Waals surface area contributed by atoms with Gasteiger partial charge in [-0.1, -0.05) is 30.3 Å². The number of aromatic nitrogens is 2. The molecule has 1 aliphatic rings. The Hall–Kier alpha value is -2.79. The molecule has 5 atom stereocenters. The van der Waals surface area contributed by atoms with Crippen LogP contribution in [0.5, 0.6) is 0 Å². The molecule has 0 bridgehead atoms. The van der Waals surface area contributed by atoms with E-state index in [-0.39, 0.29) is 6.42 Å². The van der Waals surface area contributed by atoms with Gasteiger partial charge in [-0.15, -0.1) is 0 Å². The summed E-state index contributed by atoms with van der Waals surface area (Å²) >= 11 is 0. The van der Waals surface area contributed by atoms with Crippen molar-refractivity contribution in [2.24, 2.45) is 5.73 Å². The number of aromatic amines is 1. The van der Waals surface area contributed by atoms with Crippen LogP contribution < -0.4 is 22.3 Å². The number of aliphatic hydroxyl groups is 2. The maximum atomic E-state index is 12.5. The topological polar surface area (TPSA) is 160 Å². The third kappa shape index (κ3) is 4.20. The van der Waals surface area contributed by atoms with Crippen LogP contribution >= 0.6 is 0 Å². The number of H-pyrrole nitrogens is 1. The monoisotopic (exact) mass is 390 g/mol. The first-order chi connectivity index (χ1) is 13.4. The second kappa shape index (κ2) is 8.48. The zero-order valence-corrected chi connectivity index (χ0v) is 14.9. The van der Waals surface area contributed by atoms with E-state index in [4.69, 9.17) is 10.5 Å². The van der Waals surface area contributed by atoms with Gasteiger partial charge in [-0.3, -0.25) is 19.1 Å². The third-order valence-corrected chi connectivity index (χ3v) is 4.62. The van der Waals surface area contributed by atoms with Gasteiger partial charge in [-0.2, -0.15) is 0 Å². The standard InChI is InChI=1S/C18H22N4O6/c19-11(8-10-4-2-1-3-5-10)16(26)21-14-15(25)12(9-23)28-17(14)22-7-6-13(24)20-18(22)27/h1-7,11-12,14-15,17,23,25H,8-9,19H2,(H,21,26)(H,20,24,27)/t11?,12-,14?,15?,17-/m1/s1. The average Bonchev–Trinajstić information content (AvgIpc) is 2.98. The number of aliphatic hydroxyl groups excluding tert-OH is 2. The molecule has 1 amide bonds. The van der Waals surface area contributed by atoms with Crippen LogP contribution in [0.25, 0.3) is 0 Å². The normalized spacial score (nSPS) is 25.4. The summed E-state index contributed by atoms with van der Waals surface area (Å²) in [5, 5.41) is 22.4. The number of amides is 1. The van der Waals surface area contributed by atoms with Crippen molar-refractivity contribution >= 4 is 5.91 Å². The van der Waals surface area contributed by atoms with Crippen LogP contribution in [0.2, 0.25) is 0 Å². The molecule has 0 saturated carbocycles. The van der Waals surface area contributed by atoms with Gasteiger partial charge in [0, 0.05) is 12.3 Å². The molecule has 2 aromatic rings. The molecular formula is C18H22N4O6. The van der Waals surface area contributed by atoms with Crippen LogP contribution in [0, 0.1) is 0 Å². The Labute approximate surface area is 159 Å². The molecule has 10 nitrogen and oxygen atoms in total. The molecule has 0 radical (unpaired) electrons. The summed E-state index contributed by atoms with van der Waals surface area (Å²) in [6.45, 7) is -0.516. The van der Waals surface area contributed by atoms with Gasteiger partial charge >= 0.3 is 5.69 Å². The molecule has 1 aliphatic heterocycles. The molecule has 0 spiro atoms. The van der Waals surface area contributed by atoms with E-state index in [0.29, 0.717) is 0 Å². The first kappa shape index (κ1) is 20.0. The Kier molecular flexibility index (Phi) is 6.05. The maximum absolute atomic E-state index is 12.5. The van der Waals surface area contributed by atoms with Gasteiger partial charge in [0.1, 0.15) is 18.2 Å². The largest absolute Gasteiger partial charge is 0.394 e. The van der Waals surface area contributed by atoms with Gasteiger partial charge in [-0.05, 0) is 12.0 Å². The van der Waals surface area contributed by atoms with Gasteiger partial charge < -0.3 is 26.0 Å². The molecular weight excluding hydrogens is 368 g/mol. The van der Waals surface area contributed by atoms with Crippen LogP contribution in [-0.4, -0.2) is 56.6 Å². The lowest BCUT2D eigenvalue weighted by molar-refractivity contribution is -0.124. The molecule has 1 aromatic heterocycles. The first-order valence-corrected chi connectivity index (χ1v) is 8.76. The van der Waals surface area contributed by atoms with Gasteiger partial charge in [0.2, 0.25) is 5.91 Å². The number of nitrogens with one attached hydrogen (secondary N) is 2. The molecule has 3 unspecified atom stereocenters. The zero-order valence-electron chi connectivity index (χ0n) is 14.9. The molecule has 2 heterocycles. The van der Waals surface area contributed by atoms with Crippen LogP contribution in [0.1, 0.15) is 11.8 Å². The van der Waals surface area contributed by atoms with Crippen molar-refractivity contribution < 1.29 is 19.7 Å². The number of hydrogen-bond donors (Lipinski definition) is 5. The highest BCUT2D eigenvalue weighted by atomic mass is 16.5. The highest BCUT2D eigenvalue weighted by Crippen LogP contribution is 2.28. The minimum atomic E-state index is -1.28. The average molecular weight is 390 g/mol. The quantitative estimate of drug-likeness (QED) is 0.376. The Morgan fingerprint density at radius 1 is 1.29 bits per heavy atom. The van der Waals surface area contributed by atoms with Gasteiger partial charge in [0.05, 0.1) is 12.6 Å². The predicted molar refractivity (Wildman–Crippen MR) is 98.4 cm³/mol. The molecule has 10 heteroatoms. The summed E-state index contributed by atoms with van der Waals surface area (Å²) in [6.07, 6.45) is -1.93. The number of ether oxygens (including phenoxy) is 1. The molecule has 150 valence electrons. The third-order valence-electron chi connectivity index (χ3n) is 4.62. The fourth-order valence-electron chi connectivity index (χ4n) is 3.15. The minimum absolute atomic E-state index is 0.281. The van der Waals surface area contributed by atoms with Crippen molar-refractivity contribution in [2.75, 3.05) is 6.61 Å². The maximum Gasteiger partial charge on any atom is 0.330 e. The molecule has 1 saturated heterocycles. The highest BCUT2D eigenvalue weighted by Gasteiger charge is 2.45. The number of benzene rings is 1. The number of carbonyl (C=O) groups excluding carboxylic acids is 1. The second-order valence-corrected chi connectivity index (χ2v) is 6.59. The second-order valence-electron chi connectivity index (χ2n) is 6.59. The Morgan fingerprint density at radius 3 is 2.64 bits per heavy atom. The van der Waals surface area contributed by atoms with E-state index in [1.54, 1.807) is 0 Å². The minimum Gasteiger partial charge on any atom is -0.394 e. The van der Waals surface area contributed by atoms with Crippen LogP contribution in [0.15, 0.2) is 52.2 Å². The molecule has 3 rings (SSSR count). The lowest BCUT2D eigenvalue weighted by atomic mass is 10.0. The number of nitrogens with zero attached hydrogens (tertiary/aromatic N) is 1. The predicted octanol–water partition coefficient (Wildman–Crippen LogP) is -2.16. The number of rotatable bonds is 6. The lowest BCUT2D eigenvalue weighted by Crippen LogP contribution is -2.53. The zero-order chi connectivity index (χ0) is 20.3. The van der Waals surface area contributed by atoms with E-state index in [2.05, 4.69) is 10.3 Å². The summed E-state index contributed by atoms with van der Waals surface area (Å²) in [5.41, 5.74) is 5.48. The van der Waals surface area contributed by atoms with Crippen LogP contribution in [0.3, 0.4) is 0 Å². The van der Waals surface area contributed by atoms with Gasteiger partial charge in [0.15, 0.2) is 6.23 Å². The van der Waals surface area contributed by atoms with E-state index in [9.17, 15) is 24.6 Å². The van der Waals surface area contributed by atoms with Gasteiger partial charge in [-0.25, -0.2) is 4.79 Å². The van der Waals surface area contributed by atoms with E-state index < -0.39 is 54.3 Å². The van der Waals surface area contributed by atoms with Crippen LogP contribution in [-0.2, 0) is 16.0 Å². The van der Waals surface area contributed by atoms with Crippen molar-refractivity contribution in [3.05, 3.63) is 69.0 Å². The van der Waals surface area contributed by atoms with Crippen molar-refractivity contribution in [3.8, 4) is 0 Å². The SMILES string of the molecule is NC(Cc1ccccc1)C(=O)NC1C(O)[C@@H](CO)O[C@H]1n1ccc(=O)[nH]c1=O. The van der Waals surface area contributed by atoms with E-state index in [1.807, 2.05) is 30.3 Å². The Balaban J connectivity index is 1.79. The number of hydrogen-bond acceptors (Lipinski definition) is 7. The summed E-state index contributed by atoms with van der Waals surface area (Å²) < 4.78 is 6.56. The molecule has 1 fully saturated rings. The van der Waals surface area contributed by atoms with Crippen molar-refractivity contribution in [2.45, 2.75) is 36.9 Å². The Bertz CT molecular complexity index is 927. The molecule has 6 N–H and O–H groups in total. The van der Waals surface area contributed by atoms with Crippen molar-refractivity contribution in [1.82, 2.24) is 14.9 Å². The fraction of sp³-hybridized carbons (Fsp3) is 0.389.